The van der Waals surface area contributed by atoms with Crippen LogP contribution < -0.4 is 5.73 Å². The molecule has 1 atom stereocenters. The minimum Gasteiger partial charge on any atom is -0.322 e. The summed E-state index contributed by atoms with van der Waals surface area (Å²) in [5.74, 6) is 0.759. The number of sulfone groups is 1. The van der Waals surface area contributed by atoms with Crippen LogP contribution in [0.5, 0.6) is 0 Å². The van der Waals surface area contributed by atoms with Crippen molar-refractivity contribution in [1.82, 2.24) is 4.98 Å². The van der Waals surface area contributed by atoms with Crippen molar-refractivity contribution in [3.05, 3.63) is 30.1 Å². The van der Waals surface area contributed by atoms with Crippen LogP contribution in [0.15, 0.2) is 24.4 Å². The van der Waals surface area contributed by atoms with Gasteiger partial charge in [0.2, 0.25) is 0 Å². The summed E-state index contributed by atoms with van der Waals surface area (Å²) >= 11 is 0. The number of aromatic nitrogens is 1. The molecule has 0 amide bonds. The molecule has 0 radical (unpaired) electrons. The van der Waals surface area contributed by atoms with Gasteiger partial charge in [0.05, 0.1) is 17.2 Å². The first kappa shape index (κ1) is 11.5. The molecular formula is C11H16N2O2S. The van der Waals surface area contributed by atoms with Crippen molar-refractivity contribution in [3.63, 3.8) is 0 Å². The summed E-state index contributed by atoms with van der Waals surface area (Å²) < 4.78 is 22.6. The van der Waals surface area contributed by atoms with Gasteiger partial charge in [-0.05, 0) is 30.9 Å². The second-order valence-corrected chi connectivity index (χ2v) is 6.57. The molecule has 1 fully saturated rings. The third-order valence-electron chi connectivity index (χ3n) is 3.14. The first-order valence-corrected chi connectivity index (χ1v) is 7.27. The summed E-state index contributed by atoms with van der Waals surface area (Å²) in [7, 11) is -2.81. The normalized spacial score (nSPS) is 22.8. The average molecular weight is 240 g/mol. The Labute approximate surface area is 95.8 Å². The van der Waals surface area contributed by atoms with Crippen LogP contribution in [0.25, 0.3) is 0 Å². The summed E-state index contributed by atoms with van der Waals surface area (Å²) in [6.07, 6.45) is 3.02. The van der Waals surface area contributed by atoms with E-state index in [1.54, 1.807) is 6.20 Å². The van der Waals surface area contributed by atoms with Crippen LogP contribution in [0.4, 0.5) is 0 Å². The van der Waals surface area contributed by atoms with Crippen molar-refractivity contribution in [2.45, 2.75) is 18.9 Å². The summed E-state index contributed by atoms with van der Waals surface area (Å²) in [5.41, 5.74) is 6.95. The molecule has 1 aliphatic rings. The Kier molecular flexibility index (Phi) is 3.25. The lowest BCUT2D eigenvalue weighted by atomic mass is 9.92. The predicted molar refractivity (Wildman–Crippen MR) is 62.5 cm³/mol. The summed E-state index contributed by atoms with van der Waals surface area (Å²) in [4.78, 5) is 4.22. The monoisotopic (exact) mass is 240 g/mol. The molecule has 1 aromatic rings. The van der Waals surface area contributed by atoms with E-state index in [1.807, 2.05) is 18.2 Å². The van der Waals surface area contributed by atoms with Gasteiger partial charge in [0.25, 0.3) is 0 Å². The van der Waals surface area contributed by atoms with E-state index in [9.17, 15) is 8.42 Å². The Morgan fingerprint density at radius 2 is 2.00 bits per heavy atom. The van der Waals surface area contributed by atoms with Crippen LogP contribution in [-0.2, 0) is 9.84 Å². The largest absolute Gasteiger partial charge is 0.322 e. The second-order valence-electron chi connectivity index (χ2n) is 4.27. The van der Waals surface area contributed by atoms with Gasteiger partial charge in [0.1, 0.15) is 9.84 Å². The highest BCUT2D eigenvalue weighted by Crippen LogP contribution is 2.28. The minimum absolute atomic E-state index is 0.142. The zero-order valence-corrected chi connectivity index (χ0v) is 9.86. The molecule has 1 unspecified atom stereocenters. The van der Waals surface area contributed by atoms with Crippen molar-refractivity contribution in [1.29, 1.82) is 0 Å². The van der Waals surface area contributed by atoms with E-state index in [1.165, 1.54) is 0 Å². The fourth-order valence-electron chi connectivity index (χ4n) is 2.08. The number of rotatable bonds is 2. The Bertz CT molecular complexity index is 430. The summed E-state index contributed by atoms with van der Waals surface area (Å²) in [6.45, 7) is 0. The standard InChI is InChI=1S/C11H16N2O2S/c12-11(10-3-1-2-6-13-10)9-4-7-16(14,15)8-5-9/h1-3,6,9,11H,4-5,7-8,12H2. The fraction of sp³-hybridized carbons (Fsp3) is 0.545. The van der Waals surface area contributed by atoms with E-state index in [0.717, 1.165) is 5.69 Å². The lowest BCUT2D eigenvalue weighted by molar-refractivity contribution is 0.386. The SMILES string of the molecule is NC(c1ccccn1)C1CCS(=O)(=O)CC1. The Hall–Kier alpha value is -0.940. The Morgan fingerprint density at radius 1 is 1.31 bits per heavy atom. The molecule has 0 saturated carbocycles. The van der Waals surface area contributed by atoms with Crippen molar-refractivity contribution in [3.8, 4) is 0 Å². The van der Waals surface area contributed by atoms with Crippen molar-refractivity contribution in [2.24, 2.45) is 11.7 Å². The van der Waals surface area contributed by atoms with Gasteiger partial charge in [-0.1, -0.05) is 6.07 Å². The molecule has 0 aromatic carbocycles. The maximum atomic E-state index is 11.3. The number of nitrogens with two attached hydrogens (primary N) is 1. The molecule has 5 heteroatoms. The summed E-state index contributed by atoms with van der Waals surface area (Å²) in [6, 6.07) is 5.51. The van der Waals surface area contributed by atoms with Gasteiger partial charge in [0, 0.05) is 12.2 Å². The van der Waals surface area contributed by atoms with E-state index in [-0.39, 0.29) is 23.5 Å². The van der Waals surface area contributed by atoms with Gasteiger partial charge < -0.3 is 5.73 Å². The van der Waals surface area contributed by atoms with Gasteiger partial charge in [-0.3, -0.25) is 4.98 Å². The van der Waals surface area contributed by atoms with Gasteiger partial charge >= 0.3 is 0 Å². The van der Waals surface area contributed by atoms with E-state index in [4.69, 9.17) is 5.73 Å². The minimum atomic E-state index is -2.81. The molecule has 2 heterocycles. The van der Waals surface area contributed by atoms with Crippen LogP contribution in [0, 0.1) is 5.92 Å². The zero-order chi connectivity index (χ0) is 11.6. The molecule has 4 nitrogen and oxygen atoms in total. The number of hydrogen-bond acceptors (Lipinski definition) is 4. The van der Waals surface area contributed by atoms with Crippen molar-refractivity contribution in [2.75, 3.05) is 11.5 Å². The van der Waals surface area contributed by atoms with E-state index in [0.29, 0.717) is 12.8 Å². The first-order chi connectivity index (χ1) is 7.58. The van der Waals surface area contributed by atoms with Gasteiger partial charge in [0.15, 0.2) is 0 Å². The smallest absolute Gasteiger partial charge is 0.150 e. The third kappa shape index (κ3) is 2.59. The van der Waals surface area contributed by atoms with Crippen LogP contribution in [0.3, 0.4) is 0 Å². The lowest BCUT2D eigenvalue weighted by Crippen LogP contribution is -2.31. The molecule has 0 spiro atoms. The average Bonchev–Trinajstić information content (AvgIpc) is 2.29. The number of nitrogens with zero attached hydrogens (tertiary/aromatic N) is 1. The van der Waals surface area contributed by atoms with Crippen LogP contribution >= 0.6 is 0 Å². The zero-order valence-electron chi connectivity index (χ0n) is 9.04. The van der Waals surface area contributed by atoms with E-state index < -0.39 is 9.84 Å². The molecule has 0 bridgehead atoms. The molecule has 16 heavy (non-hydrogen) atoms. The maximum absolute atomic E-state index is 11.3. The molecule has 1 saturated heterocycles. The molecule has 2 N–H and O–H groups in total. The van der Waals surface area contributed by atoms with Crippen molar-refractivity contribution >= 4 is 9.84 Å². The highest BCUT2D eigenvalue weighted by atomic mass is 32.2. The Balaban J connectivity index is 2.05. The molecular weight excluding hydrogens is 224 g/mol. The molecule has 0 aliphatic carbocycles. The highest BCUT2D eigenvalue weighted by molar-refractivity contribution is 7.91. The second kappa shape index (κ2) is 4.51. The topological polar surface area (TPSA) is 73.0 Å². The molecule has 2 rings (SSSR count). The Morgan fingerprint density at radius 3 is 2.56 bits per heavy atom. The van der Waals surface area contributed by atoms with Crippen LogP contribution in [0.2, 0.25) is 0 Å². The first-order valence-electron chi connectivity index (χ1n) is 5.45. The quantitative estimate of drug-likeness (QED) is 0.833. The van der Waals surface area contributed by atoms with Gasteiger partial charge in [-0.15, -0.1) is 0 Å². The van der Waals surface area contributed by atoms with Gasteiger partial charge in [-0.25, -0.2) is 8.42 Å². The third-order valence-corrected chi connectivity index (χ3v) is 4.85. The van der Waals surface area contributed by atoms with Crippen LogP contribution in [-0.4, -0.2) is 24.9 Å². The highest BCUT2D eigenvalue weighted by Gasteiger charge is 2.28. The number of hydrogen-bond donors (Lipinski definition) is 1. The predicted octanol–water partition coefficient (Wildman–Crippen LogP) is 0.906. The number of pyridine rings is 1. The maximum Gasteiger partial charge on any atom is 0.150 e. The van der Waals surface area contributed by atoms with Crippen molar-refractivity contribution < 1.29 is 8.42 Å². The van der Waals surface area contributed by atoms with Gasteiger partial charge in [-0.2, -0.15) is 0 Å². The van der Waals surface area contributed by atoms with Crippen LogP contribution in [0.1, 0.15) is 24.6 Å². The lowest BCUT2D eigenvalue weighted by Gasteiger charge is -2.26. The summed E-state index contributed by atoms with van der Waals surface area (Å²) in [5, 5.41) is 0. The van der Waals surface area contributed by atoms with E-state index >= 15 is 0 Å². The fourth-order valence-corrected chi connectivity index (χ4v) is 3.61. The van der Waals surface area contributed by atoms with E-state index in [2.05, 4.69) is 4.98 Å². The molecule has 1 aromatic heterocycles. The molecule has 88 valence electrons. The molecule has 1 aliphatic heterocycles.